The van der Waals surface area contributed by atoms with Crippen molar-refractivity contribution in [2.75, 3.05) is 4.90 Å². The molecule has 0 radical (unpaired) electrons. The van der Waals surface area contributed by atoms with E-state index < -0.39 is 17.9 Å². The molecular formula is C28H30ClF2N5O. The van der Waals surface area contributed by atoms with Crippen molar-refractivity contribution < 1.29 is 13.6 Å². The van der Waals surface area contributed by atoms with Crippen LogP contribution < -0.4 is 10.2 Å². The standard InChI is InChI=1S/C28H30ClF2N5O/c1-27(9-8-23(27)24(30)31)36(15-17-6-7-18-14-32-25(37)22(18)10-17)21-5-3-4-19(11-21)28(12-20(29)13-28)26-34-33-16-35(26)2/h3-7,10-11,16,20,23-24H,8-9,12-15H2,1-2H3,(H,32,37)/t20?,23-,27+,28?/m1/s1. The highest BCUT2D eigenvalue weighted by Crippen LogP contribution is 2.53. The fraction of sp³-hybridized carbons (Fsp3) is 0.464. The summed E-state index contributed by atoms with van der Waals surface area (Å²) in [7, 11) is 1.93. The molecule has 194 valence electrons. The van der Waals surface area contributed by atoms with Crippen LogP contribution in [0.15, 0.2) is 48.8 Å². The number of amides is 1. The summed E-state index contributed by atoms with van der Waals surface area (Å²) in [6.07, 6.45) is 1.94. The SMILES string of the molecule is Cn1cnnc1C1(c2cccc(N(Cc3ccc4c(c3)C(=O)NC4)[C@@]3(C)CC[C@@H]3C(F)F)c2)CC(Cl)C1. The second kappa shape index (κ2) is 8.79. The van der Waals surface area contributed by atoms with E-state index in [9.17, 15) is 13.6 Å². The minimum atomic E-state index is -2.40. The molecule has 0 unspecified atom stereocenters. The van der Waals surface area contributed by atoms with E-state index in [0.717, 1.165) is 41.0 Å². The Morgan fingerprint density at radius 3 is 2.70 bits per heavy atom. The highest BCUT2D eigenvalue weighted by Gasteiger charge is 2.53. The zero-order valence-corrected chi connectivity index (χ0v) is 21.7. The molecule has 9 heteroatoms. The lowest BCUT2D eigenvalue weighted by Gasteiger charge is -2.55. The smallest absolute Gasteiger partial charge is 0.251 e. The number of halogens is 3. The van der Waals surface area contributed by atoms with Crippen molar-refractivity contribution in [2.45, 2.75) is 68.5 Å². The average molecular weight is 526 g/mol. The van der Waals surface area contributed by atoms with Gasteiger partial charge in [-0.15, -0.1) is 21.8 Å². The topological polar surface area (TPSA) is 63.1 Å². The number of rotatable bonds is 7. The van der Waals surface area contributed by atoms with Crippen molar-refractivity contribution in [3.05, 3.63) is 76.9 Å². The zero-order valence-electron chi connectivity index (χ0n) is 20.9. The summed E-state index contributed by atoms with van der Waals surface area (Å²) in [6.45, 7) is 2.90. The number of aromatic nitrogens is 3. The molecular weight excluding hydrogens is 496 g/mol. The van der Waals surface area contributed by atoms with Crippen LogP contribution in [0.1, 0.15) is 65.5 Å². The van der Waals surface area contributed by atoms with Gasteiger partial charge in [-0.3, -0.25) is 4.79 Å². The summed E-state index contributed by atoms with van der Waals surface area (Å²) >= 11 is 6.49. The molecule has 37 heavy (non-hydrogen) atoms. The first-order chi connectivity index (χ1) is 17.7. The highest BCUT2D eigenvalue weighted by atomic mass is 35.5. The molecule has 2 fully saturated rings. The van der Waals surface area contributed by atoms with Crippen molar-refractivity contribution >= 4 is 23.2 Å². The van der Waals surface area contributed by atoms with Crippen LogP contribution in [0, 0.1) is 5.92 Å². The number of aryl methyl sites for hydroxylation is 1. The van der Waals surface area contributed by atoms with Gasteiger partial charge in [0.2, 0.25) is 6.43 Å². The molecule has 2 atom stereocenters. The van der Waals surface area contributed by atoms with Gasteiger partial charge < -0.3 is 14.8 Å². The summed E-state index contributed by atoms with van der Waals surface area (Å²) < 4.78 is 30.2. The first kappa shape index (κ1) is 24.3. The van der Waals surface area contributed by atoms with Crippen molar-refractivity contribution in [3.8, 4) is 0 Å². The first-order valence-corrected chi connectivity index (χ1v) is 13.2. The van der Waals surface area contributed by atoms with Crippen LogP contribution in [0.25, 0.3) is 0 Å². The number of alkyl halides is 3. The van der Waals surface area contributed by atoms with Crippen molar-refractivity contribution in [1.82, 2.24) is 20.1 Å². The Labute approximate surface area is 220 Å². The van der Waals surface area contributed by atoms with E-state index >= 15 is 0 Å². The molecule has 0 bridgehead atoms. The molecule has 0 spiro atoms. The van der Waals surface area contributed by atoms with Gasteiger partial charge in [-0.1, -0.05) is 24.3 Å². The van der Waals surface area contributed by atoms with Gasteiger partial charge in [-0.25, -0.2) is 8.78 Å². The van der Waals surface area contributed by atoms with E-state index in [4.69, 9.17) is 11.6 Å². The molecule has 2 heterocycles. The average Bonchev–Trinajstić information content (AvgIpc) is 3.44. The number of hydrogen-bond acceptors (Lipinski definition) is 4. The predicted molar refractivity (Wildman–Crippen MR) is 138 cm³/mol. The van der Waals surface area contributed by atoms with E-state index in [1.54, 1.807) is 6.33 Å². The van der Waals surface area contributed by atoms with Crippen LogP contribution in [0.5, 0.6) is 0 Å². The van der Waals surface area contributed by atoms with Crippen LogP contribution in [0.4, 0.5) is 14.5 Å². The minimum absolute atomic E-state index is 0.0429. The van der Waals surface area contributed by atoms with Gasteiger partial charge in [0, 0.05) is 48.2 Å². The van der Waals surface area contributed by atoms with Crippen molar-refractivity contribution in [1.29, 1.82) is 0 Å². The molecule has 0 saturated heterocycles. The molecule has 3 aromatic rings. The molecule has 1 aliphatic heterocycles. The Kier molecular flexibility index (Phi) is 5.78. The molecule has 1 amide bonds. The Hall–Kier alpha value is -3.00. The summed E-state index contributed by atoms with van der Waals surface area (Å²) in [5.74, 6) is 0.0486. The molecule has 2 saturated carbocycles. The summed E-state index contributed by atoms with van der Waals surface area (Å²) in [5, 5.41) is 11.4. The molecule has 6 rings (SSSR count). The van der Waals surface area contributed by atoms with Gasteiger partial charge in [0.15, 0.2) is 0 Å². The summed E-state index contributed by atoms with van der Waals surface area (Å²) in [6, 6.07) is 14.0. The molecule has 2 aromatic carbocycles. The second-order valence-corrected chi connectivity index (χ2v) is 11.6. The van der Waals surface area contributed by atoms with E-state index in [1.165, 1.54) is 0 Å². The largest absolute Gasteiger partial charge is 0.361 e. The number of carbonyl (C=O) groups excluding carboxylic acids is 1. The normalized spacial score (nSPS) is 28.4. The number of nitrogens with one attached hydrogen (secondary N) is 1. The monoisotopic (exact) mass is 525 g/mol. The molecule has 2 aliphatic carbocycles. The van der Waals surface area contributed by atoms with E-state index in [-0.39, 0.29) is 16.7 Å². The number of nitrogens with zero attached hydrogens (tertiary/aromatic N) is 4. The lowest BCUT2D eigenvalue weighted by atomic mass is 9.63. The number of benzene rings is 2. The lowest BCUT2D eigenvalue weighted by molar-refractivity contribution is -0.0255. The van der Waals surface area contributed by atoms with E-state index in [1.807, 2.05) is 48.9 Å². The maximum Gasteiger partial charge on any atom is 0.251 e. The summed E-state index contributed by atoms with van der Waals surface area (Å²) in [4.78, 5) is 14.4. The van der Waals surface area contributed by atoms with Gasteiger partial charge >= 0.3 is 0 Å². The summed E-state index contributed by atoms with van der Waals surface area (Å²) in [5.41, 5.74) is 3.43. The quantitative estimate of drug-likeness (QED) is 0.431. The van der Waals surface area contributed by atoms with Crippen LogP contribution in [-0.4, -0.2) is 38.0 Å². The van der Waals surface area contributed by atoms with Gasteiger partial charge in [0.25, 0.3) is 5.91 Å². The lowest BCUT2D eigenvalue weighted by Crippen LogP contribution is -2.60. The maximum atomic E-state index is 14.1. The van der Waals surface area contributed by atoms with E-state index in [0.29, 0.717) is 31.5 Å². The Morgan fingerprint density at radius 2 is 2.05 bits per heavy atom. The van der Waals surface area contributed by atoms with Crippen LogP contribution in [-0.2, 0) is 25.6 Å². The number of carbonyl (C=O) groups is 1. The highest BCUT2D eigenvalue weighted by molar-refractivity contribution is 6.21. The number of hydrogen-bond donors (Lipinski definition) is 1. The third-order valence-electron chi connectivity index (χ3n) is 8.87. The van der Waals surface area contributed by atoms with E-state index in [2.05, 4.69) is 32.5 Å². The molecule has 1 aromatic heterocycles. The Balaban J connectivity index is 1.41. The molecule has 3 aliphatic rings. The van der Waals surface area contributed by atoms with Gasteiger partial charge in [-0.2, -0.15) is 0 Å². The molecule has 6 nitrogen and oxygen atoms in total. The molecule has 1 N–H and O–H groups in total. The van der Waals surface area contributed by atoms with Crippen molar-refractivity contribution in [2.24, 2.45) is 13.0 Å². The zero-order chi connectivity index (χ0) is 25.9. The van der Waals surface area contributed by atoms with Crippen molar-refractivity contribution in [3.63, 3.8) is 0 Å². The Morgan fingerprint density at radius 1 is 1.24 bits per heavy atom. The second-order valence-electron chi connectivity index (χ2n) is 11.0. The third-order valence-corrected chi connectivity index (χ3v) is 9.18. The van der Waals surface area contributed by atoms with Gasteiger partial charge in [-0.05, 0) is 67.5 Å². The minimum Gasteiger partial charge on any atom is -0.361 e. The number of fused-ring (bicyclic) bond motifs is 1. The van der Waals surface area contributed by atoms with Crippen LogP contribution in [0.3, 0.4) is 0 Å². The predicted octanol–water partition coefficient (Wildman–Crippen LogP) is 5.19. The van der Waals surface area contributed by atoms with Gasteiger partial charge in [0.05, 0.1) is 5.41 Å². The fourth-order valence-electron chi connectivity index (χ4n) is 6.50. The Bertz CT molecular complexity index is 1350. The maximum absolute atomic E-state index is 14.1. The fourth-order valence-corrected chi connectivity index (χ4v) is 7.03. The van der Waals surface area contributed by atoms with Crippen LogP contribution in [0.2, 0.25) is 0 Å². The van der Waals surface area contributed by atoms with Gasteiger partial charge in [0.1, 0.15) is 12.2 Å². The third kappa shape index (κ3) is 3.83. The number of anilines is 1. The first-order valence-electron chi connectivity index (χ1n) is 12.8. The van der Waals surface area contributed by atoms with Crippen LogP contribution >= 0.6 is 11.6 Å².